The van der Waals surface area contributed by atoms with Crippen molar-refractivity contribution in [2.75, 3.05) is 18.5 Å². The summed E-state index contributed by atoms with van der Waals surface area (Å²) < 4.78 is 6.17. The Morgan fingerprint density at radius 2 is 2.21 bits per heavy atom. The van der Waals surface area contributed by atoms with E-state index in [1.165, 1.54) is 6.20 Å². The Bertz CT molecular complexity index is 478. The molecule has 0 aromatic carbocycles. The second-order valence-electron chi connectivity index (χ2n) is 4.73. The number of pyridine rings is 1. The molecule has 6 nitrogen and oxygen atoms in total. The molecule has 1 aromatic rings. The Labute approximate surface area is 120 Å². The molecule has 0 fully saturated rings. The highest BCUT2D eigenvalue weighted by Gasteiger charge is 2.21. The summed E-state index contributed by atoms with van der Waals surface area (Å²) in [5.74, 6) is 0.580. The number of nitro groups is 1. The number of ether oxygens (including phenoxy) is 1. The smallest absolute Gasteiger partial charge is 0.291 e. The first-order valence-corrected chi connectivity index (χ1v) is 6.75. The van der Waals surface area contributed by atoms with Gasteiger partial charge >= 0.3 is 0 Å². The molecular formula is C12H18BrN3O3. The van der Waals surface area contributed by atoms with Crippen LogP contribution in [0.1, 0.15) is 26.3 Å². The van der Waals surface area contributed by atoms with Gasteiger partial charge in [-0.3, -0.25) is 10.1 Å². The fourth-order valence-electron chi connectivity index (χ4n) is 1.61. The molecule has 0 aliphatic rings. The highest BCUT2D eigenvalue weighted by molar-refractivity contribution is 9.10. The van der Waals surface area contributed by atoms with Gasteiger partial charge in [0.15, 0.2) is 0 Å². The highest BCUT2D eigenvalue weighted by atomic mass is 79.9. The van der Waals surface area contributed by atoms with Crippen LogP contribution in [0, 0.1) is 17.0 Å². The zero-order valence-electron chi connectivity index (χ0n) is 11.5. The Morgan fingerprint density at radius 1 is 1.58 bits per heavy atom. The number of rotatable bonds is 6. The van der Waals surface area contributed by atoms with Crippen LogP contribution in [-0.4, -0.2) is 28.7 Å². The van der Waals surface area contributed by atoms with Crippen LogP contribution in [0.4, 0.5) is 11.5 Å². The van der Waals surface area contributed by atoms with Crippen LogP contribution in [0.2, 0.25) is 0 Å². The van der Waals surface area contributed by atoms with E-state index in [2.05, 4.69) is 26.2 Å². The molecule has 0 unspecified atom stereocenters. The lowest BCUT2D eigenvalue weighted by atomic mass is 10.1. The molecule has 0 spiro atoms. The van der Waals surface area contributed by atoms with E-state index in [0.717, 1.165) is 0 Å². The van der Waals surface area contributed by atoms with E-state index in [1.54, 1.807) is 6.92 Å². The second-order valence-corrected chi connectivity index (χ2v) is 5.53. The summed E-state index contributed by atoms with van der Waals surface area (Å²) in [5.41, 5.74) is 0.226. The van der Waals surface area contributed by atoms with Crippen LogP contribution in [0.3, 0.4) is 0 Å². The quantitative estimate of drug-likeness (QED) is 0.639. The highest BCUT2D eigenvalue weighted by Crippen LogP contribution is 2.30. The molecule has 1 rings (SSSR count). The number of halogens is 1. The Hall–Kier alpha value is -1.21. The number of aromatic nitrogens is 1. The zero-order chi connectivity index (χ0) is 14.6. The lowest BCUT2D eigenvalue weighted by Crippen LogP contribution is -2.33. The van der Waals surface area contributed by atoms with Gasteiger partial charge in [-0.2, -0.15) is 0 Å². The first-order chi connectivity index (χ1) is 8.78. The first kappa shape index (κ1) is 15.8. The van der Waals surface area contributed by atoms with Crippen molar-refractivity contribution < 1.29 is 9.66 Å². The summed E-state index contributed by atoms with van der Waals surface area (Å²) in [7, 11) is 0. The number of hydrogen-bond donors (Lipinski definition) is 1. The summed E-state index contributed by atoms with van der Waals surface area (Å²) in [5, 5.41) is 13.9. The van der Waals surface area contributed by atoms with Crippen molar-refractivity contribution in [3.8, 4) is 0 Å². The van der Waals surface area contributed by atoms with Gasteiger partial charge in [0.1, 0.15) is 12.0 Å². The predicted octanol–water partition coefficient (Wildman–Crippen LogP) is 3.29. The SMILES string of the molecule is CCOC(C)(C)CNc1ncc([N+](=O)[O-])c(C)c1Br. The molecule has 106 valence electrons. The van der Waals surface area contributed by atoms with E-state index < -0.39 is 4.92 Å². The van der Waals surface area contributed by atoms with Gasteiger partial charge in [0.05, 0.1) is 15.0 Å². The molecule has 0 saturated heterocycles. The number of nitrogens with zero attached hydrogens (tertiary/aromatic N) is 2. The van der Waals surface area contributed by atoms with Gasteiger partial charge in [-0.15, -0.1) is 0 Å². The maximum atomic E-state index is 10.8. The lowest BCUT2D eigenvalue weighted by molar-refractivity contribution is -0.385. The van der Waals surface area contributed by atoms with E-state index in [1.807, 2.05) is 20.8 Å². The molecular weight excluding hydrogens is 314 g/mol. The Kier molecular flexibility index (Phi) is 5.25. The van der Waals surface area contributed by atoms with Gasteiger partial charge in [0.2, 0.25) is 0 Å². The summed E-state index contributed by atoms with van der Waals surface area (Å²) in [6, 6.07) is 0. The number of hydrogen-bond acceptors (Lipinski definition) is 5. The molecule has 19 heavy (non-hydrogen) atoms. The molecule has 0 aliphatic heterocycles. The predicted molar refractivity (Wildman–Crippen MR) is 77.5 cm³/mol. The second kappa shape index (κ2) is 6.29. The molecule has 0 radical (unpaired) electrons. The summed E-state index contributed by atoms with van der Waals surface area (Å²) in [4.78, 5) is 14.4. The average molecular weight is 332 g/mol. The molecule has 0 aliphatic carbocycles. The van der Waals surface area contributed by atoms with Crippen LogP contribution in [0.5, 0.6) is 0 Å². The van der Waals surface area contributed by atoms with Crippen LogP contribution in [-0.2, 0) is 4.74 Å². The molecule has 1 heterocycles. The monoisotopic (exact) mass is 331 g/mol. The average Bonchev–Trinajstić information content (AvgIpc) is 2.30. The van der Waals surface area contributed by atoms with Crippen molar-refractivity contribution in [2.24, 2.45) is 0 Å². The van der Waals surface area contributed by atoms with Gasteiger partial charge in [-0.1, -0.05) is 0 Å². The van der Waals surface area contributed by atoms with Gasteiger partial charge < -0.3 is 10.1 Å². The van der Waals surface area contributed by atoms with Gasteiger partial charge in [0.25, 0.3) is 5.69 Å². The van der Waals surface area contributed by atoms with Crippen LogP contribution in [0.25, 0.3) is 0 Å². The van der Waals surface area contributed by atoms with Gasteiger partial charge in [-0.25, -0.2) is 4.98 Å². The topological polar surface area (TPSA) is 77.3 Å². The van der Waals surface area contributed by atoms with Crippen molar-refractivity contribution in [1.29, 1.82) is 0 Å². The third kappa shape index (κ3) is 4.14. The van der Waals surface area contributed by atoms with Crippen LogP contribution in [0.15, 0.2) is 10.7 Å². The van der Waals surface area contributed by atoms with E-state index in [9.17, 15) is 10.1 Å². The van der Waals surface area contributed by atoms with Crippen molar-refractivity contribution in [3.63, 3.8) is 0 Å². The van der Waals surface area contributed by atoms with Crippen LogP contribution < -0.4 is 5.32 Å². The fourth-order valence-corrected chi connectivity index (χ4v) is 2.06. The van der Waals surface area contributed by atoms with E-state index in [-0.39, 0.29) is 11.3 Å². The molecule has 1 aromatic heterocycles. The normalized spacial score (nSPS) is 11.4. The maximum Gasteiger partial charge on any atom is 0.291 e. The van der Waals surface area contributed by atoms with Crippen molar-refractivity contribution in [2.45, 2.75) is 33.3 Å². The van der Waals surface area contributed by atoms with Crippen LogP contribution >= 0.6 is 15.9 Å². The van der Waals surface area contributed by atoms with Crippen molar-refractivity contribution >= 4 is 27.4 Å². The summed E-state index contributed by atoms with van der Waals surface area (Å²) in [6.07, 6.45) is 1.26. The zero-order valence-corrected chi connectivity index (χ0v) is 13.1. The van der Waals surface area contributed by atoms with Gasteiger partial charge in [0, 0.05) is 18.7 Å². The Morgan fingerprint density at radius 3 is 2.74 bits per heavy atom. The van der Waals surface area contributed by atoms with Gasteiger partial charge in [-0.05, 0) is 43.6 Å². The van der Waals surface area contributed by atoms with Crippen molar-refractivity contribution in [1.82, 2.24) is 4.98 Å². The summed E-state index contributed by atoms with van der Waals surface area (Å²) in [6.45, 7) is 8.74. The molecule has 0 bridgehead atoms. The minimum absolute atomic E-state index is 0.00138. The molecule has 0 atom stereocenters. The summed E-state index contributed by atoms with van der Waals surface area (Å²) >= 11 is 3.34. The van der Waals surface area contributed by atoms with Crippen molar-refractivity contribution in [3.05, 3.63) is 26.3 Å². The minimum Gasteiger partial charge on any atom is -0.374 e. The largest absolute Gasteiger partial charge is 0.374 e. The fraction of sp³-hybridized carbons (Fsp3) is 0.583. The Balaban J connectivity index is 2.87. The lowest BCUT2D eigenvalue weighted by Gasteiger charge is -2.25. The first-order valence-electron chi connectivity index (χ1n) is 5.96. The van der Waals surface area contributed by atoms with E-state index in [0.29, 0.717) is 29.0 Å². The molecule has 7 heteroatoms. The molecule has 0 amide bonds. The number of anilines is 1. The van der Waals surface area contributed by atoms with E-state index >= 15 is 0 Å². The minimum atomic E-state index is -0.443. The standard InChI is InChI=1S/C12H18BrN3O3/c1-5-19-12(3,4)7-15-11-10(13)8(2)9(6-14-11)16(17)18/h6H,5,7H2,1-4H3,(H,14,15). The maximum absolute atomic E-state index is 10.8. The third-order valence-electron chi connectivity index (χ3n) is 2.65. The third-order valence-corrected chi connectivity index (χ3v) is 3.62. The number of nitrogens with one attached hydrogen (secondary N) is 1. The molecule has 1 N–H and O–H groups in total. The molecule has 0 saturated carbocycles. The van der Waals surface area contributed by atoms with E-state index in [4.69, 9.17) is 4.74 Å².